The molecular formula is C18H23N3O2. The normalized spacial score (nSPS) is 12.0. The summed E-state index contributed by atoms with van der Waals surface area (Å²) >= 11 is 0. The van der Waals surface area contributed by atoms with E-state index in [0.717, 1.165) is 17.0 Å². The van der Waals surface area contributed by atoms with Gasteiger partial charge in [0.1, 0.15) is 5.56 Å². The first-order valence-corrected chi connectivity index (χ1v) is 7.69. The zero-order chi connectivity index (χ0) is 17.1. The SMILES string of the molecule is Cc1cc(=O)c(C(=O)N(C)[C@@H](C)Cc2ncccc2C)c(C)[nH]1. The highest BCUT2D eigenvalue weighted by Gasteiger charge is 2.23. The van der Waals surface area contributed by atoms with Crippen LogP contribution in [0.25, 0.3) is 0 Å². The second-order valence-electron chi connectivity index (χ2n) is 6.05. The van der Waals surface area contributed by atoms with Crippen LogP contribution in [0, 0.1) is 20.8 Å². The van der Waals surface area contributed by atoms with E-state index in [-0.39, 0.29) is 22.9 Å². The number of H-pyrrole nitrogens is 1. The second kappa shape index (κ2) is 6.77. The molecule has 0 saturated heterocycles. The van der Waals surface area contributed by atoms with Crippen LogP contribution in [0.15, 0.2) is 29.2 Å². The lowest BCUT2D eigenvalue weighted by atomic mass is 10.1. The molecule has 1 atom stereocenters. The summed E-state index contributed by atoms with van der Waals surface area (Å²) < 4.78 is 0. The van der Waals surface area contributed by atoms with Crippen LogP contribution >= 0.6 is 0 Å². The van der Waals surface area contributed by atoms with Crippen molar-refractivity contribution in [1.29, 1.82) is 0 Å². The molecule has 0 fully saturated rings. The van der Waals surface area contributed by atoms with Crippen molar-refractivity contribution >= 4 is 5.91 Å². The van der Waals surface area contributed by atoms with Gasteiger partial charge >= 0.3 is 0 Å². The molecule has 2 aromatic rings. The molecule has 0 aromatic carbocycles. The highest BCUT2D eigenvalue weighted by Crippen LogP contribution is 2.12. The Morgan fingerprint density at radius 1 is 1.35 bits per heavy atom. The molecular weight excluding hydrogens is 290 g/mol. The van der Waals surface area contributed by atoms with Gasteiger partial charge in [0.25, 0.3) is 5.91 Å². The molecule has 2 heterocycles. The molecule has 0 unspecified atom stereocenters. The molecule has 1 N–H and O–H groups in total. The number of carbonyl (C=O) groups excluding carboxylic acids is 1. The monoisotopic (exact) mass is 313 g/mol. The van der Waals surface area contributed by atoms with Gasteiger partial charge < -0.3 is 9.88 Å². The van der Waals surface area contributed by atoms with Crippen LogP contribution < -0.4 is 5.43 Å². The van der Waals surface area contributed by atoms with E-state index in [0.29, 0.717) is 12.1 Å². The molecule has 2 aromatic heterocycles. The van der Waals surface area contributed by atoms with Crippen LogP contribution in [-0.2, 0) is 6.42 Å². The maximum Gasteiger partial charge on any atom is 0.259 e. The van der Waals surface area contributed by atoms with E-state index in [2.05, 4.69) is 9.97 Å². The number of nitrogens with zero attached hydrogens (tertiary/aromatic N) is 2. The maximum atomic E-state index is 12.7. The van der Waals surface area contributed by atoms with Crippen LogP contribution in [0.2, 0.25) is 0 Å². The van der Waals surface area contributed by atoms with E-state index in [4.69, 9.17) is 0 Å². The largest absolute Gasteiger partial charge is 0.362 e. The predicted molar refractivity (Wildman–Crippen MR) is 90.8 cm³/mol. The van der Waals surface area contributed by atoms with Gasteiger partial charge in [0.2, 0.25) is 0 Å². The Morgan fingerprint density at radius 2 is 2.04 bits per heavy atom. The Kier molecular flexibility index (Phi) is 4.98. The number of amides is 1. The number of carbonyl (C=O) groups is 1. The minimum Gasteiger partial charge on any atom is -0.362 e. The lowest BCUT2D eigenvalue weighted by Gasteiger charge is -2.25. The number of hydrogen-bond acceptors (Lipinski definition) is 3. The van der Waals surface area contributed by atoms with Gasteiger partial charge in [-0.15, -0.1) is 0 Å². The van der Waals surface area contributed by atoms with Gasteiger partial charge in [-0.2, -0.15) is 0 Å². The standard InChI is InChI=1S/C18H23N3O2/c1-11-7-6-8-19-15(11)10-13(3)21(5)18(23)17-14(4)20-12(2)9-16(17)22/h6-9,13H,10H2,1-5H3,(H,20,22)/t13-/m0/s1. The lowest BCUT2D eigenvalue weighted by Crippen LogP contribution is -2.39. The number of aryl methyl sites for hydroxylation is 3. The summed E-state index contributed by atoms with van der Waals surface area (Å²) in [7, 11) is 1.73. The number of likely N-dealkylation sites (N-methyl/N-ethyl adjacent to an activating group) is 1. The van der Waals surface area contributed by atoms with Crippen LogP contribution in [0.5, 0.6) is 0 Å². The van der Waals surface area contributed by atoms with Crippen molar-refractivity contribution in [2.24, 2.45) is 0 Å². The van der Waals surface area contributed by atoms with Gasteiger partial charge in [0.05, 0.1) is 0 Å². The van der Waals surface area contributed by atoms with E-state index < -0.39 is 0 Å². The summed E-state index contributed by atoms with van der Waals surface area (Å²) in [5.41, 5.74) is 3.40. The van der Waals surface area contributed by atoms with Gasteiger partial charge in [-0.05, 0) is 39.3 Å². The minimum absolute atomic E-state index is 0.0591. The first-order chi connectivity index (χ1) is 10.8. The molecule has 23 heavy (non-hydrogen) atoms. The third-order valence-corrected chi connectivity index (χ3v) is 4.16. The third-order valence-electron chi connectivity index (χ3n) is 4.16. The number of aromatic nitrogens is 2. The summed E-state index contributed by atoms with van der Waals surface area (Å²) in [5.74, 6) is -0.259. The van der Waals surface area contributed by atoms with Gasteiger partial charge in [-0.25, -0.2) is 0 Å². The predicted octanol–water partition coefficient (Wildman–Crippen LogP) is 2.40. The van der Waals surface area contributed by atoms with E-state index in [9.17, 15) is 9.59 Å². The van der Waals surface area contributed by atoms with E-state index in [1.54, 1.807) is 32.0 Å². The lowest BCUT2D eigenvalue weighted by molar-refractivity contribution is 0.0740. The maximum absolute atomic E-state index is 12.7. The van der Waals surface area contributed by atoms with Crippen molar-refractivity contribution in [3.05, 3.63) is 62.8 Å². The topological polar surface area (TPSA) is 66.1 Å². The first kappa shape index (κ1) is 16.9. The molecule has 0 aliphatic rings. The van der Waals surface area contributed by atoms with Crippen LogP contribution in [0.1, 0.15) is 39.9 Å². The Morgan fingerprint density at radius 3 is 2.65 bits per heavy atom. The third kappa shape index (κ3) is 3.67. The van der Waals surface area contributed by atoms with Gasteiger partial charge in [0, 0.05) is 48.9 Å². The zero-order valence-corrected chi connectivity index (χ0v) is 14.3. The van der Waals surface area contributed by atoms with E-state index in [1.807, 2.05) is 26.0 Å². The van der Waals surface area contributed by atoms with Gasteiger partial charge in [-0.1, -0.05) is 6.07 Å². The molecule has 0 aliphatic carbocycles. The van der Waals surface area contributed by atoms with Crippen LogP contribution in [0.4, 0.5) is 0 Å². The highest BCUT2D eigenvalue weighted by atomic mass is 16.2. The minimum atomic E-state index is -0.259. The van der Waals surface area contributed by atoms with Gasteiger partial charge in [0.15, 0.2) is 5.43 Å². The van der Waals surface area contributed by atoms with Crippen LogP contribution in [-0.4, -0.2) is 33.9 Å². The molecule has 0 bridgehead atoms. The number of hydrogen-bond donors (Lipinski definition) is 1. The van der Waals surface area contributed by atoms with Crippen molar-refractivity contribution in [3.8, 4) is 0 Å². The zero-order valence-electron chi connectivity index (χ0n) is 14.3. The smallest absolute Gasteiger partial charge is 0.259 e. The molecule has 5 nitrogen and oxygen atoms in total. The van der Waals surface area contributed by atoms with Crippen molar-refractivity contribution in [3.63, 3.8) is 0 Å². The summed E-state index contributed by atoms with van der Waals surface area (Å²) in [6.45, 7) is 7.53. The molecule has 2 rings (SSSR count). The Bertz CT molecular complexity index is 780. The van der Waals surface area contributed by atoms with Crippen molar-refractivity contribution in [2.45, 2.75) is 40.2 Å². The molecule has 0 aliphatic heterocycles. The summed E-state index contributed by atoms with van der Waals surface area (Å²) in [6.07, 6.45) is 2.41. The Labute approximate surface area is 136 Å². The average Bonchev–Trinajstić information content (AvgIpc) is 2.47. The molecule has 1 amide bonds. The fourth-order valence-electron chi connectivity index (χ4n) is 2.64. The Balaban J connectivity index is 2.23. The van der Waals surface area contributed by atoms with Crippen molar-refractivity contribution < 1.29 is 4.79 Å². The molecule has 0 saturated carbocycles. The average molecular weight is 313 g/mol. The fraction of sp³-hybridized carbons (Fsp3) is 0.389. The molecule has 0 spiro atoms. The van der Waals surface area contributed by atoms with E-state index >= 15 is 0 Å². The fourth-order valence-corrected chi connectivity index (χ4v) is 2.64. The van der Waals surface area contributed by atoms with E-state index in [1.165, 1.54) is 6.07 Å². The number of rotatable bonds is 4. The summed E-state index contributed by atoms with van der Waals surface area (Å²) in [4.78, 5) is 33.9. The molecule has 5 heteroatoms. The molecule has 122 valence electrons. The van der Waals surface area contributed by atoms with Crippen molar-refractivity contribution in [2.75, 3.05) is 7.05 Å². The number of pyridine rings is 2. The quantitative estimate of drug-likeness (QED) is 0.942. The summed E-state index contributed by atoms with van der Waals surface area (Å²) in [6, 6.07) is 5.30. The number of aromatic amines is 1. The van der Waals surface area contributed by atoms with Crippen molar-refractivity contribution in [1.82, 2.24) is 14.9 Å². The van der Waals surface area contributed by atoms with Gasteiger partial charge in [-0.3, -0.25) is 14.6 Å². The Hall–Kier alpha value is -2.43. The molecule has 0 radical (unpaired) electrons. The summed E-state index contributed by atoms with van der Waals surface area (Å²) in [5, 5.41) is 0. The highest BCUT2D eigenvalue weighted by molar-refractivity contribution is 5.95. The number of nitrogens with one attached hydrogen (secondary N) is 1. The van der Waals surface area contributed by atoms with Crippen LogP contribution in [0.3, 0.4) is 0 Å². The first-order valence-electron chi connectivity index (χ1n) is 7.69. The second-order valence-corrected chi connectivity index (χ2v) is 6.05.